The van der Waals surface area contributed by atoms with E-state index in [-0.39, 0.29) is 36.4 Å². The van der Waals surface area contributed by atoms with E-state index in [1.165, 1.54) is 0 Å². The summed E-state index contributed by atoms with van der Waals surface area (Å²) >= 11 is 0. The first-order valence-electron chi connectivity index (χ1n) is 10.9. The number of piperidine rings is 1. The molecule has 0 spiro atoms. The molecular formula is C23H37N3O4. The molecule has 2 N–H and O–H groups in total. The summed E-state index contributed by atoms with van der Waals surface area (Å²) in [5, 5.41) is 0. The Balaban J connectivity index is 2.05. The van der Waals surface area contributed by atoms with Gasteiger partial charge in [0.1, 0.15) is 0 Å². The van der Waals surface area contributed by atoms with Crippen LogP contribution in [0.5, 0.6) is 11.5 Å². The number of hydrogen-bond donors (Lipinski definition) is 1. The molecular weight excluding hydrogens is 382 g/mol. The molecule has 1 aliphatic rings. The predicted molar refractivity (Wildman–Crippen MR) is 117 cm³/mol. The summed E-state index contributed by atoms with van der Waals surface area (Å²) in [6, 6.07) is 6.03. The second-order valence-electron chi connectivity index (χ2n) is 8.47. The fourth-order valence-electron chi connectivity index (χ4n) is 4.11. The fourth-order valence-corrected chi connectivity index (χ4v) is 4.11. The van der Waals surface area contributed by atoms with E-state index >= 15 is 0 Å². The van der Waals surface area contributed by atoms with Crippen molar-refractivity contribution in [3.63, 3.8) is 0 Å². The van der Waals surface area contributed by atoms with E-state index < -0.39 is 0 Å². The van der Waals surface area contributed by atoms with E-state index in [1.807, 2.05) is 57.7 Å². The molecule has 1 fully saturated rings. The van der Waals surface area contributed by atoms with Gasteiger partial charge in [-0.3, -0.25) is 14.5 Å². The first-order valence-corrected chi connectivity index (χ1v) is 10.9. The van der Waals surface area contributed by atoms with Crippen LogP contribution in [0.4, 0.5) is 0 Å². The zero-order valence-electron chi connectivity index (χ0n) is 19.0. The van der Waals surface area contributed by atoms with Crippen LogP contribution >= 0.6 is 0 Å². The van der Waals surface area contributed by atoms with Crippen molar-refractivity contribution in [3.05, 3.63) is 23.8 Å². The van der Waals surface area contributed by atoms with Crippen molar-refractivity contribution in [2.45, 2.75) is 66.1 Å². The molecule has 0 unspecified atom stereocenters. The molecule has 0 bridgehead atoms. The third-order valence-electron chi connectivity index (χ3n) is 5.37. The number of ether oxygens (including phenoxy) is 2. The number of nitrogens with two attached hydrogens (primary N) is 1. The molecule has 1 atom stereocenters. The van der Waals surface area contributed by atoms with Crippen LogP contribution in [0.3, 0.4) is 0 Å². The van der Waals surface area contributed by atoms with Crippen LogP contribution in [0.25, 0.3) is 0 Å². The maximum Gasteiger partial charge on any atom is 0.260 e. The number of carbonyl (C=O) groups excluding carboxylic acids is 2. The molecule has 1 heterocycles. The number of benzene rings is 1. The van der Waals surface area contributed by atoms with Crippen LogP contribution in [0.2, 0.25) is 0 Å². The lowest BCUT2D eigenvalue weighted by molar-refractivity contribution is -0.137. The van der Waals surface area contributed by atoms with Crippen molar-refractivity contribution < 1.29 is 19.1 Å². The van der Waals surface area contributed by atoms with Crippen molar-refractivity contribution in [1.29, 1.82) is 0 Å². The second-order valence-corrected chi connectivity index (χ2v) is 8.47. The average Bonchev–Trinajstić information content (AvgIpc) is 2.67. The average molecular weight is 420 g/mol. The largest absolute Gasteiger partial charge is 0.490 e. The minimum atomic E-state index is -0.222. The quantitative estimate of drug-likeness (QED) is 0.630. The molecule has 2 rings (SSSR count). The van der Waals surface area contributed by atoms with Gasteiger partial charge in [0, 0.05) is 25.2 Å². The molecule has 7 heteroatoms. The van der Waals surface area contributed by atoms with Crippen molar-refractivity contribution >= 4 is 11.8 Å². The van der Waals surface area contributed by atoms with E-state index in [9.17, 15) is 9.59 Å². The van der Waals surface area contributed by atoms with Gasteiger partial charge in [-0.05, 0) is 71.7 Å². The minimum Gasteiger partial charge on any atom is -0.490 e. The normalized spacial score (nSPS) is 17.2. The Morgan fingerprint density at radius 1 is 1.17 bits per heavy atom. The predicted octanol–water partition coefficient (Wildman–Crippen LogP) is 2.81. The summed E-state index contributed by atoms with van der Waals surface area (Å²) < 4.78 is 11.6. The van der Waals surface area contributed by atoms with E-state index in [4.69, 9.17) is 15.2 Å². The number of carbonyl (C=O) groups is 2. The third-order valence-corrected chi connectivity index (χ3v) is 5.37. The zero-order chi connectivity index (χ0) is 22.3. The molecule has 30 heavy (non-hydrogen) atoms. The van der Waals surface area contributed by atoms with Gasteiger partial charge in [-0.1, -0.05) is 6.07 Å². The molecule has 2 amide bonds. The van der Waals surface area contributed by atoms with E-state index in [0.29, 0.717) is 24.7 Å². The van der Waals surface area contributed by atoms with Crippen LogP contribution in [0.1, 0.15) is 53.0 Å². The van der Waals surface area contributed by atoms with Gasteiger partial charge in [-0.25, -0.2) is 0 Å². The Labute approximate surface area is 180 Å². The van der Waals surface area contributed by atoms with Gasteiger partial charge in [-0.2, -0.15) is 0 Å². The highest BCUT2D eigenvalue weighted by Crippen LogP contribution is 2.30. The number of primary amides is 1. The molecule has 1 aromatic rings. The summed E-state index contributed by atoms with van der Waals surface area (Å²) in [6.45, 7) is 12.8. The Hall–Kier alpha value is -2.28. The van der Waals surface area contributed by atoms with Gasteiger partial charge >= 0.3 is 0 Å². The minimum absolute atomic E-state index is 0.0256. The van der Waals surface area contributed by atoms with Crippen molar-refractivity contribution in [2.75, 3.05) is 26.3 Å². The second kappa shape index (κ2) is 11.2. The SMILES string of the molecule is CCOc1cc(CN2CCC[C@@H](C(N)=O)C2)ccc1OCC(=O)N(C(C)C)C(C)C. The van der Waals surface area contributed by atoms with Crippen LogP contribution < -0.4 is 15.2 Å². The molecule has 0 radical (unpaired) electrons. The molecule has 7 nitrogen and oxygen atoms in total. The monoisotopic (exact) mass is 419 g/mol. The van der Waals surface area contributed by atoms with Gasteiger partial charge in [0.25, 0.3) is 5.91 Å². The lowest BCUT2D eigenvalue weighted by Gasteiger charge is -2.31. The van der Waals surface area contributed by atoms with Crippen molar-refractivity contribution in [1.82, 2.24) is 9.80 Å². The first kappa shape index (κ1) is 24.0. The molecule has 1 aromatic carbocycles. The van der Waals surface area contributed by atoms with Crippen LogP contribution in [0.15, 0.2) is 18.2 Å². The highest BCUT2D eigenvalue weighted by molar-refractivity contribution is 5.78. The molecule has 0 saturated carbocycles. The van der Waals surface area contributed by atoms with Gasteiger partial charge in [0.15, 0.2) is 18.1 Å². The number of amides is 2. The van der Waals surface area contributed by atoms with Crippen molar-refractivity contribution in [3.8, 4) is 11.5 Å². The molecule has 1 aliphatic heterocycles. The Bertz CT molecular complexity index is 712. The highest BCUT2D eigenvalue weighted by atomic mass is 16.5. The zero-order valence-corrected chi connectivity index (χ0v) is 19.0. The summed E-state index contributed by atoms with van der Waals surface area (Å²) in [5.74, 6) is 0.850. The van der Waals surface area contributed by atoms with Crippen LogP contribution in [-0.2, 0) is 16.1 Å². The number of rotatable bonds is 10. The number of hydrogen-bond acceptors (Lipinski definition) is 5. The standard InChI is InChI=1S/C23H37N3O4/c1-6-29-21-12-18(13-25-11-7-8-19(14-25)23(24)28)9-10-20(21)30-15-22(27)26(16(2)3)17(4)5/h9-10,12,16-17,19H,6-8,11,13-15H2,1-5H3,(H2,24,28)/t19-/m1/s1. The van der Waals surface area contributed by atoms with E-state index in [0.717, 1.165) is 31.5 Å². The van der Waals surface area contributed by atoms with Gasteiger partial charge < -0.3 is 20.1 Å². The number of likely N-dealkylation sites (tertiary alicyclic amines) is 1. The lowest BCUT2D eigenvalue weighted by Crippen LogP contribution is -2.44. The maximum absolute atomic E-state index is 12.6. The summed E-state index contributed by atoms with van der Waals surface area (Å²) in [5.41, 5.74) is 6.57. The number of nitrogens with zero attached hydrogens (tertiary/aromatic N) is 2. The lowest BCUT2D eigenvalue weighted by atomic mass is 9.97. The van der Waals surface area contributed by atoms with Gasteiger partial charge in [0.05, 0.1) is 12.5 Å². The summed E-state index contributed by atoms with van der Waals surface area (Å²) in [6.07, 6.45) is 1.83. The van der Waals surface area contributed by atoms with Gasteiger partial charge in [-0.15, -0.1) is 0 Å². The van der Waals surface area contributed by atoms with Crippen molar-refractivity contribution in [2.24, 2.45) is 11.7 Å². The highest BCUT2D eigenvalue weighted by Gasteiger charge is 2.24. The van der Waals surface area contributed by atoms with E-state index in [1.54, 1.807) is 0 Å². The topological polar surface area (TPSA) is 85.1 Å². The smallest absolute Gasteiger partial charge is 0.260 e. The third kappa shape index (κ3) is 6.62. The maximum atomic E-state index is 12.6. The van der Waals surface area contributed by atoms with Crippen LogP contribution in [-0.4, -0.2) is 60.0 Å². The Morgan fingerprint density at radius 2 is 1.87 bits per heavy atom. The molecule has 1 saturated heterocycles. The molecule has 0 aliphatic carbocycles. The Kier molecular flexibility index (Phi) is 8.96. The summed E-state index contributed by atoms with van der Waals surface area (Å²) in [4.78, 5) is 28.2. The molecule has 168 valence electrons. The Morgan fingerprint density at radius 3 is 2.47 bits per heavy atom. The summed E-state index contributed by atoms with van der Waals surface area (Å²) in [7, 11) is 0. The van der Waals surface area contributed by atoms with Gasteiger partial charge in [0.2, 0.25) is 5.91 Å². The van der Waals surface area contributed by atoms with Crippen LogP contribution in [0, 0.1) is 5.92 Å². The first-order chi connectivity index (χ1) is 14.2. The van der Waals surface area contributed by atoms with E-state index in [2.05, 4.69) is 4.90 Å². The fraction of sp³-hybridized carbons (Fsp3) is 0.652. The molecule has 0 aromatic heterocycles.